The predicted octanol–water partition coefficient (Wildman–Crippen LogP) is 4.48. The Morgan fingerprint density at radius 2 is 2.05 bits per heavy atom. The van der Waals surface area contributed by atoms with Crippen LogP contribution in [-0.4, -0.2) is 14.3 Å². The number of rotatable bonds is 7. The van der Waals surface area contributed by atoms with Crippen molar-refractivity contribution in [2.45, 2.75) is 33.1 Å². The molecule has 1 aromatic carbocycles. The molecule has 122 valence electrons. The molecule has 0 aliphatic rings. The van der Waals surface area contributed by atoms with Gasteiger partial charge in [-0.1, -0.05) is 56.0 Å². The Kier molecular flexibility index (Phi) is 7.39. The maximum atomic E-state index is 11.9. The number of unbranched alkanes of at least 4 members (excludes halogenated alkanes) is 1. The highest BCUT2D eigenvalue weighted by atomic mass is 35.5. The molecule has 0 aromatic heterocycles. The summed E-state index contributed by atoms with van der Waals surface area (Å²) in [6.07, 6.45) is 4.24. The van der Waals surface area contributed by atoms with E-state index in [2.05, 4.69) is 11.3 Å². The number of nitrogens with two attached hydrogens (primary N) is 1. The highest BCUT2D eigenvalue weighted by molar-refractivity contribution is 7.93. The topological polar surface area (TPSA) is 72.5 Å². The standard InChI is InChI=1S/C15H20Cl2N2O2S/c1-3-4-5-11(2)15(18)19-22(20,21)9-8-12-6-7-13(16)14(17)10-12/h6-11H,3-5H2,1-2H3,(H2,18,19)/b9-8+. The van der Waals surface area contributed by atoms with E-state index in [1.54, 1.807) is 18.2 Å². The first kappa shape index (κ1) is 19.0. The van der Waals surface area contributed by atoms with Crippen LogP contribution in [0, 0.1) is 5.92 Å². The van der Waals surface area contributed by atoms with Crippen molar-refractivity contribution in [3.63, 3.8) is 0 Å². The summed E-state index contributed by atoms with van der Waals surface area (Å²) >= 11 is 11.7. The first-order chi connectivity index (χ1) is 10.2. The summed E-state index contributed by atoms with van der Waals surface area (Å²) in [6.45, 7) is 3.93. The summed E-state index contributed by atoms with van der Waals surface area (Å²) in [5.41, 5.74) is 6.37. The fourth-order valence-electron chi connectivity index (χ4n) is 1.71. The minimum absolute atomic E-state index is 0.0619. The molecule has 0 fully saturated rings. The fourth-order valence-corrected chi connectivity index (χ4v) is 2.88. The van der Waals surface area contributed by atoms with Gasteiger partial charge in [-0.15, -0.1) is 4.40 Å². The Morgan fingerprint density at radius 1 is 1.36 bits per heavy atom. The van der Waals surface area contributed by atoms with E-state index in [0.29, 0.717) is 15.6 Å². The molecule has 22 heavy (non-hydrogen) atoms. The Morgan fingerprint density at radius 3 is 2.64 bits per heavy atom. The molecule has 7 heteroatoms. The summed E-state index contributed by atoms with van der Waals surface area (Å²) < 4.78 is 27.5. The van der Waals surface area contributed by atoms with Crippen LogP contribution < -0.4 is 5.73 Å². The zero-order valence-electron chi connectivity index (χ0n) is 12.6. The lowest BCUT2D eigenvalue weighted by Crippen LogP contribution is -2.22. The van der Waals surface area contributed by atoms with Crippen LogP contribution in [0.3, 0.4) is 0 Å². The smallest absolute Gasteiger partial charge is 0.277 e. The van der Waals surface area contributed by atoms with Gasteiger partial charge in [0.1, 0.15) is 5.84 Å². The third-order valence-corrected chi connectivity index (χ3v) is 4.79. The molecule has 0 saturated heterocycles. The molecule has 0 saturated carbocycles. The molecule has 0 bridgehead atoms. The van der Waals surface area contributed by atoms with Crippen LogP contribution in [0.1, 0.15) is 38.7 Å². The first-order valence-corrected chi connectivity index (χ1v) is 9.24. The quantitative estimate of drug-likeness (QED) is 0.573. The maximum absolute atomic E-state index is 11.9. The van der Waals surface area contributed by atoms with Crippen LogP contribution in [0.2, 0.25) is 10.0 Å². The van der Waals surface area contributed by atoms with Gasteiger partial charge in [-0.25, -0.2) is 0 Å². The van der Waals surface area contributed by atoms with Crippen molar-refractivity contribution in [3.05, 3.63) is 39.2 Å². The molecule has 0 aliphatic heterocycles. The Labute approximate surface area is 142 Å². The molecular weight excluding hydrogens is 343 g/mol. The Bertz CT molecular complexity index is 670. The van der Waals surface area contributed by atoms with Gasteiger partial charge in [0.15, 0.2) is 0 Å². The van der Waals surface area contributed by atoms with E-state index in [0.717, 1.165) is 24.7 Å². The van der Waals surface area contributed by atoms with Crippen LogP contribution in [0.25, 0.3) is 6.08 Å². The van der Waals surface area contributed by atoms with Gasteiger partial charge in [0.2, 0.25) is 0 Å². The van der Waals surface area contributed by atoms with Crippen LogP contribution >= 0.6 is 23.2 Å². The van der Waals surface area contributed by atoms with Crippen LogP contribution in [0.5, 0.6) is 0 Å². The third kappa shape index (κ3) is 6.38. The van der Waals surface area contributed by atoms with Crippen molar-refractivity contribution in [2.75, 3.05) is 0 Å². The number of hydrogen-bond acceptors (Lipinski definition) is 2. The van der Waals surface area contributed by atoms with Crippen molar-refractivity contribution < 1.29 is 8.42 Å². The molecule has 1 atom stereocenters. The van der Waals surface area contributed by atoms with Crippen molar-refractivity contribution in [1.29, 1.82) is 0 Å². The summed E-state index contributed by atoms with van der Waals surface area (Å²) in [4.78, 5) is 0. The first-order valence-electron chi connectivity index (χ1n) is 6.98. The van der Waals surface area contributed by atoms with E-state index in [1.807, 2.05) is 6.92 Å². The second kappa shape index (κ2) is 8.56. The van der Waals surface area contributed by atoms with Gasteiger partial charge in [-0.05, 0) is 30.2 Å². The van der Waals surface area contributed by atoms with E-state index in [-0.39, 0.29) is 11.8 Å². The molecule has 4 nitrogen and oxygen atoms in total. The van der Waals surface area contributed by atoms with Crippen molar-refractivity contribution in [3.8, 4) is 0 Å². The molecule has 0 radical (unpaired) electrons. The molecule has 0 heterocycles. The maximum Gasteiger partial charge on any atom is 0.277 e. The molecule has 0 aliphatic carbocycles. The SMILES string of the molecule is CCCCC(C)/C(N)=N/S(=O)(=O)/C=C/c1ccc(Cl)c(Cl)c1. The van der Waals surface area contributed by atoms with E-state index < -0.39 is 10.0 Å². The zero-order valence-corrected chi connectivity index (χ0v) is 14.9. The Hall–Kier alpha value is -1.04. The van der Waals surface area contributed by atoms with Crippen LogP contribution in [0.15, 0.2) is 28.0 Å². The minimum Gasteiger partial charge on any atom is -0.386 e. The number of amidine groups is 1. The lowest BCUT2D eigenvalue weighted by Gasteiger charge is -2.09. The number of hydrogen-bond donors (Lipinski definition) is 1. The summed E-state index contributed by atoms with van der Waals surface area (Å²) in [5, 5.41) is 1.78. The van der Waals surface area contributed by atoms with Crippen molar-refractivity contribution in [2.24, 2.45) is 16.0 Å². The molecule has 0 amide bonds. The monoisotopic (exact) mass is 362 g/mol. The van der Waals surface area contributed by atoms with E-state index in [9.17, 15) is 8.42 Å². The normalized spacial score (nSPS) is 14.5. The van der Waals surface area contributed by atoms with E-state index >= 15 is 0 Å². The second-order valence-corrected chi connectivity index (χ2v) is 7.35. The fraction of sp³-hybridized carbons (Fsp3) is 0.400. The number of sulfonamides is 1. The minimum atomic E-state index is -3.77. The van der Waals surface area contributed by atoms with E-state index in [1.165, 1.54) is 6.08 Å². The molecule has 0 spiro atoms. The molecule has 1 rings (SSSR count). The van der Waals surface area contributed by atoms with Gasteiger partial charge in [0, 0.05) is 5.92 Å². The Balaban J connectivity index is 2.85. The van der Waals surface area contributed by atoms with Gasteiger partial charge in [0.25, 0.3) is 10.0 Å². The van der Waals surface area contributed by atoms with Gasteiger partial charge >= 0.3 is 0 Å². The van der Waals surface area contributed by atoms with Crippen LogP contribution in [0.4, 0.5) is 0 Å². The van der Waals surface area contributed by atoms with Crippen LogP contribution in [-0.2, 0) is 10.0 Å². The highest BCUT2D eigenvalue weighted by Crippen LogP contribution is 2.23. The van der Waals surface area contributed by atoms with Gasteiger partial charge in [0.05, 0.1) is 15.5 Å². The molecule has 2 N–H and O–H groups in total. The predicted molar refractivity (Wildman–Crippen MR) is 94.7 cm³/mol. The second-order valence-electron chi connectivity index (χ2n) is 5.05. The molecule has 1 aromatic rings. The van der Waals surface area contributed by atoms with Gasteiger partial charge in [-0.3, -0.25) is 0 Å². The zero-order chi connectivity index (χ0) is 16.8. The number of nitrogens with zero attached hydrogens (tertiary/aromatic N) is 1. The summed E-state index contributed by atoms with van der Waals surface area (Å²) in [6, 6.07) is 4.84. The molecular formula is C15H20Cl2N2O2S. The summed E-state index contributed by atoms with van der Waals surface area (Å²) in [7, 11) is -3.77. The number of benzene rings is 1. The molecule has 1 unspecified atom stereocenters. The lowest BCUT2D eigenvalue weighted by molar-refractivity contribution is 0.602. The number of halogens is 2. The van der Waals surface area contributed by atoms with Gasteiger partial charge < -0.3 is 5.73 Å². The van der Waals surface area contributed by atoms with E-state index in [4.69, 9.17) is 28.9 Å². The summed E-state index contributed by atoms with van der Waals surface area (Å²) in [5.74, 6) is 0.0698. The van der Waals surface area contributed by atoms with Crippen molar-refractivity contribution in [1.82, 2.24) is 0 Å². The average molecular weight is 363 g/mol. The lowest BCUT2D eigenvalue weighted by atomic mass is 10.0. The van der Waals surface area contributed by atoms with Gasteiger partial charge in [-0.2, -0.15) is 8.42 Å². The average Bonchev–Trinajstić information content (AvgIpc) is 2.45. The third-order valence-electron chi connectivity index (χ3n) is 3.10. The highest BCUT2D eigenvalue weighted by Gasteiger charge is 2.11. The van der Waals surface area contributed by atoms with Crippen molar-refractivity contribution >= 4 is 45.1 Å². The largest absolute Gasteiger partial charge is 0.386 e.